The molecule has 156 valence electrons. The van der Waals surface area contributed by atoms with Crippen molar-refractivity contribution >= 4 is 0 Å². The molecule has 0 bridgehead atoms. The first-order valence-corrected chi connectivity index (χ1v) is 12.5. The van der Waals surface area contributed by atoms with Crippen LogP contribution in [0, 0.1) is 35.4 Å². The zero-order valence-corrected chi connectivity index (χ0v) is 18.1. The molecule has 0 saturated heterocycles. The van der Waals surface area contributed by atoms with Gasteiger partial charge in [0.1, 0.15) is 5.82 Å². The standard InChI is InChI=1S/C27H41F/c1-2-3-20-4-6-21(7-5-20)22-8-10-23(11-9-22)24-12-14-25(15-13-24)26-16-18-27(28)19-17-26/h16-25H,2-15H2,1H3/t20-,21-,22-,23-,24-,25-. The summed E-state index contributed by atoms with van der Waals surface area (Å²) < 4.78 is 13.2. The van der Waals surface area contributed by atoms with Crippen molar-refractivity contribution in [1.82, 2.24) is 0 Å². The van der Waals surface area contributed by atoms with E-state index >= 15 is 0 Å². The van der Waals surface area contributed by atoms with Gasteiger partial charge in [0, 0.05) is 0 Å². The lowest BCUT2D eigenvalue weighted by molar-refractivity contribution is 0.109. The highest BCUT2D eigenvalue weighted by molar-refractivity contribution is 5.21. The van der Waals surface area contributed by atoms with Crippen LogP contribution >= 0.6 is 0 Å². The minimum Gasteiger partial charge on any atom is -0.207 e. The Morgan fingerprint density at radius 1 is 0.643 bits per heavy atom. The van der Waals surface area contributed by atoms with Gasteiger partial charge in [-0.3, -0.25) is 0 Å². The van der Waals surface area contributed by atoms with Crippen LogP contribution in [0.3, 0.4) is 0 Å². The molecule has 0 N–H and O–H groups in total. The molecule has 4 rings (SSSR count). The Hall–Kier alpha value is -0.850. The van der Waals surface area contributed by atoms with Gasteiger partial charge in [0.15, 0.2) is 0 Å². The fourth-order valence-corrected chi connectivity index (χ4v) is 7.10. The van der Waals surface area contributed by atoms with Gasteiger partial charge in [-0.1, -0.05) is 44.7 Å². The van der Waals surface area contributed by atoms with Crippen LogP contribution in [-0.4, -0.2) is 0 Å². The molecule has 0 amide bonds. The van der Waals surface area contributed by atoms with E-state index in [0.717, 1.165) is 29.6 Å². The van der Waals surface area contributed by atoms with E-state index in [-0.39, 0.29) is 5.82 Å². The van der Waals surface area contributed by atoms with Crippen LogP contribution in [0.5, 0.6) is 0 Å². The Bertz CT molecular complexity index is 567. The second-order valence-corrected chi connectivity index (χ2v) is 10.4. The fraction of sp³-hybridized carbons (Fsp3) is 0.778. The second-order valence-electron chi connectivity index (χ2n) is 10.4. The third-order valence-electron chi connectivity index (χ3n) is 8.85. The van der Waals surface area contributed by atoms with Gasteiger partial charge in [0.05, 0.1) is 0 Å². The molecule has 3 saturated carbocycles. The van der Waals surface area contributed by atoms with Gasteiger partial charge in [-0.05, 0) is 117 Å². The molecule has 0 atom stereocenters. The molecule has 1 heteroatoms. The van der Waals surface area contributed by atoms with E-state index in [1.165, 1.54) is 95.5 Å². The molecule has 0 radical (unpaired) electrons. The van der Waals surface area contributed by atoms with E-state index in [0.29, 0.717) is 5.92 Å². The van der Waals surface area contributed by atoms with Crippen molar-refractivity contribution in [2.75, 3.05) is 0 Å². The summed E-state index contributed by atoms with van der Waals surface area (Å²) in [5, 5.41) is 0. The van der Waals surface area contributed by atoms with Crippen LogP contribution in [0.4, 0.5) is 4.39 Å². The molecular weight excluding hydrogens is 343 g/mol. The van der Waals surface area contributed by atoms with Crippen molar-refractivity contribution in [2.45, 2.75) is 103 Å². The zero-order chi connectivity index (χ0) is 19.3. The van der Waals surface area contributed by atoms with E-state index in [9.17, 15) is 4.39 Å². The number of rotatable bonds is 5. The van der Waals surface area contributed by atoms with Crippen LogP contribution in [0.25, 0.3) is 0 Å². The van der Waals surface area contributed by atoms with Crippen LogP contribution in [0.1, 0.15) is 108 Å². The maximum Gasteiger partial charge on any atom is 0.123 e. The number of benzene rings is 1. The summed E-state index contributed by atoms with van der Waals surface area (Å²) in [5.41, 5.74) is 1.36. The molecular formula is C27H41F. The van der Waals surface area contributed by atoms with E-state index in [4.69, 9.17) is 0 Å². The van der Waals surface area contributed by atoms with Crippen molar-refractivity contribution in [2.24, 2.45) is 29.6 Å². The van der Waals surface area contributed by atoms with Crippen LogP contribution in [0.2, 0.25) is 0 Å². The van der Waals surface area contributed by atoms with Gasteiger partial charge in [0.25, 0.3) is 0 Å². The van der Waals surface area contributed by atoms with Crippen molar-refractivity contribution in [3.8, 4) is 0 Å². The van der Waals surface area contributed by atoms with E-state index in [2.05, 4.69) is 6.92 Å². The molecule has 1 aromatic carbocycles. The molecule has 0 spiro atoms. The summed E-state index contributed by atoms with van der Waals surface area (Å²) in [4.78, 5) is 0. The summed E-state index contributed by atoms with van der Waals surface area (Å²) in [6.45, 7) is 2.35. The molecule has 0 unspecified atom stereocenters. The minimum atomic E-state index is -0.104. The van der Waals surface area contributed by atoms with E-state index in [1.807, 2.05) is 12.1 Å². The highest BCUT2D eigenvalue weighted by atomic mass is 19.1. The van der Waals surface area contributed by atoms with Crippen molar-refractivity contribution in [1.29, 1.82) is 0 Å². The van der Waals surface area contributed by atoms with Gasteiger partial charge in [-0.25, -0.2) is 4.39 Å². The lowest BCUT2D eigenvalue weighted by Crippen LogP contribution is -2.29. The Kier molecular flexibility index (Phi) is 7.13. The molecule has 0 heterocycles. The largest absolute Gasteiger partial charge is 0.207 e. The normalized spacial score (nSPS) is 36.9. The predicted octanol–water partition coefficient (Wildman–Crippen LogP) is 8.51. The number of halogens is 1. The first kappa shape index (κ1) is 20.4. The average Bonchev–Trinajstić information content (AvgIpc) is 2.75. The fourth-order valence-electron chi connectivity index (χ4n) is 7.10. The van der Waals surface area contributed by atoms with Crippen molar-refractivity contribution in [3.05, 3.63) is 35.6 Å². The predicted molar refractivity (Wildman–Crippen MR) is 117 cm³/mol. The molecule has 0 nitrogen and oxygen atoms in total. The van der Waals surface area contributed by atoms with Crippen molar-refractivity contribution in [3.63, 3.8) is 0 Å². The maximum absolute atomic E-state index is 13.2. The number of hydrogen-bond donors (Lipinski definition) is 0. The lowest BCUT2D eigenvalue weighted by Gasteiger charge is -2.41. The number of hydrogen-bond acceptors (Lipinski definition) is 0. The Labute approximate surface area is 172 Å². The molecule has 3 fully saturated rings. The Morgan fingerprint density at radius 2 is 1.07 bits per heavy atom. The molecule has 3 aliphatic carbocycles. The highest BCUT2D eigenvalue weighted by Gasteiger charge is 2.34. The average molecular weight is 385 g/mol. The third-order valence-corrected chi connectivity index (χ3v) is 8.85. The molecule has 3 aliphatic rings. The van der Waals surface area contributed by atoms with E-state index < -0.39 is 0 Å². The molecule has 0 aliphatic heterocycles. The zero-order valence-electron chi connectivity index (χ0n) is 18.1. The van der Waals surface area contributed by atoms with Gasteiger partial charge < -0.3 is 0 Å². The SMILES string of the molecule is CCC[C@H]1CC[C@H]([C@H]2CC[C@H]([C@H]3CC[C@H](c4ccc(F)cc4)CC3)CC2)CC1. The van der Waals surface area contributed by atoms with Crippen LogP contribution in [-0.2, 0) is 0 Å². The monoisotopic (exact) mass is 384 g/mol. The van der Waals surface area contributed by atoms with Gasteiger partial charge >= 0.3 is 0 Å². The Balaban J connectivity index is 1.19. The second kappa shape index (κ2) is 9.77. The van der Waals surface area contributed by atoms with E-state index in [1.54, 1.807) is 12.1 Å². The van der Waals surface area contributed by atoms with Crippen LogP contribution < -0.4 is 0 Å². The maximum atomic E-state index is 13.2. The summed E-state index contributed by atoms with van der Waals surface area (Å²) in [6, 6.07) is 7.30. The third kappa shape index (κ3) is 5.00. The smallest absolute Gasteiger partial charge is 0.123 e. The Morgan fingerprint density at radius 3 is 1.54 bits per heavy atom. The molecule has 0 aromatic heterocycles. The summed E-state index contributed by atoms with van der Waals surface area (Å²) in [7, 11) is 0. The summed E-state index contributed by atoms with van der Waals surface area (Å²) >= 11 is 0. The summed E-state index contributed by atoms with van der Waals surface area (Å²) in [5.74, 6) is 5.70. The van der Waals surface area contributed by atoms with Gasteiger partial charge in [-0.15, -0.1) is 0 Å². The minimum absolute atomic E-state index is 0.104. The molecule has 1 aromatic rings. The first-order valence-electron chi connectivity index (χ1n) is 12.5. The van der Waals surface area contributed by atoms with Crippen LogP contribution in [0.15, 0.2) is 24.3 Å². The first-order chi connectivity index (χ1) is 13.7. The van der Waals surface area contributed by atoms with Crippen molar-refractivity contribution < 1.29 is 4.39 Å². The lowest BCUT2D eigenvalue weighted by atomic mass is 9.64. The topological polar surface area (TPSA) is 0 Å². The quantitative estimate of drug-likeness (QED) is 0.477. The highest BCUT2D eigenvalue weighted by Crippen LogP contribution is 2.47. The van der Waals surface area contributed by atoms with Gasteiger partial charge in [-0.2, -0.15) is 0 Å². The summed E-state index contributed by atoms with van der Waals surface area (Å²) in [6.07, 6.45) is 20.4. The molecule has 28 heavy (non-hydrogen) atoms. The van der Waals surface area contributed by atoms with Gasteiger partial charge in [0.2, 0.25) is 0 Å².